The van der Waals surface area contributed by atoms with Crippen LogP contribution >= 0.6 is 11.9 Å². The average Bonchev–Trinajstić information content (AvgIpc) is 2.69. The molecule has 1 atom stereocenters. The number of hydrogen-bond acceptors (Lipinski definition) is 3. The third kappa shape index (κ3) is 2.34. The molecule has 0 amide bonds. The topological polar surface area (TPSA) is 21.6 Å². The summed E-state index contributed by atoms with van der Waals surface area (Å²) in [5, 5.41) is 0. The van der Waals surface area contributed by atoms with Crippen molar-refractivity contribution in [2.75, 3.05) is 0 Å². The van der Waals surface area contributed by atoms with Gasteiger partial charge in [0.25, 0.3) is 0 Å². The van der Waals surface area contributed by atoms with Crippen molar-refractivity contribution in [3.05, 3.63) is 35.4 Å². The highest BCUT2D eigenvalue weighted by Gasteiger charge is 2.18. The molecule has 80 valence electrons. The van der Waals surface area contributed by atoms with E-state index in [1.807, 2.05) is 0 Å². The fourth-order valence-corrected chi connectivity index (χ4v) is 2.05. The largest absolute Gasteiger partial charge is 0.462 e. The molecule has 15 heavy (non-hydrogen) atoms. The van der Waals surface area contributed by atoms with Crippen LogP contribution in [0.25, 0.3) is 0 Å². The minimum Gasteiger partial charge on any atom is -0.462 e. The molecule has 0 bridgehead atoms. The number of nitrogens with zero attached hydrogens (tertiary/aromatic N) is 1. The van der Waals surface area contributed by atoms with Gasteiger partial charge in [-0.15, -0.1) is 0 Å². The highest BCUT2D eigenvalue weighted by Crippen LogP contribution is 2.34. The molecular weight excluding hydrogens is 206 g/mol. The van der Waals surface area contributed by atoms with E-state index in [2.05, 4.69) is 49.4 Å². The molecule has 3 heteroatoms. The molecule has 2 nitrogen and oxygen atoms in total. The van der Waals surface area contributed by atoms with Gasteiger partial charge in [-0.25, -0.2) is 0 Å². The van der Waals surface area contributed by atoms with Crippen molar-refractivity contribution in [2.45, 2.75) is 31.6 Å². The first kappa shape index (κ1) is 10.6. The fraction of sp³-hybridized carbons (Fsp3) is 0.417. The van der Waals surface area contributed by atoms with Crippen LogP contribution in [0.4, 0.5) is 0 Å². The standard InChI is InChI=1S/C12H15NOS/c1-12(2,3)10-6-4-9(5-7-10)11-14-8-13-15-11/h4-8,11H,1-3H3. The maximum absolute atomic E-state index is 5.34. The van der Waals surface area contributed by atoms with Gasteiger partial charge in [-0.1, -0.05) is 45.0 Å². The van der Waals surface area contributed by atoms with E-state index in [-0.39, 0.29) is 10.9 Å². The van der Waals surface area contributed by atoms with E-state index in [9.17, 15) is 0 Å². The normalized spacial score (nSPS) is 20.3. The minimum absolute atomic E-state index is 0.0408. The zero-order valence-corrected chi connectivity index (χ0v) is 10.0. The summed E-state index contributed by atoms with van der Waals surface area (Å²) in [6, 6.07) is 8.56. The first-order chi connectivity index (χ1) is 7.07. The molecule has 2 rings (SSSR count). The van der Waals surface area contributed by atoms with Gasteiger partial charge in [-0.3, -0.25) is 0 Å². The molecule has 0 fully saturated rings. The highest BCUT2D eigenvalue weighted by molar-refractivity contribution is 7.98. The number of hydrogen-bond donors (Lipinski definition) is 0. The highest BCUT2D eigenvalue weighted by atomic mass is 32.2. The van der Waals surface area contributed by atoms with Gasteiger partial charge in [0.15, 0.2) is 11.8 Å². The molecule has 0 aliphatic carbocycles. The second-order valence-corrected chi connectivity index (χ2v) is 5.51. The molecule has 0 aromatic heterocycles. The van der Waals surface area contributed by atoms with Crippen LogP contribution < -0.4 is 0 Å². The molecule has 0 spiro atoms. The van der Waals surface area contributed by atoms with Gasteiger partial charge < -0.3 is 4.74 Å². The predicted molar refractivity (Wildman–Crippen MR) is 65.1 cm³/mol. The second kappa shape index (κ2) is 3.89. The van der Waals surface area contributed by atoms with E-state index in [0.29, 0.717) is 0 Å². The number of ether oxygens (including phenoxy) is 1. The van der Waals surface area contributed by atoms with Crippen LogP contribution in [0.3, 0.4) is 0 Å². The molecule has 1 aliphatic rings. The van der Waals surface area contributed by atoms with Crippen molar-refractivity contribution < 1.29 is 4.74 Å². The third-order valence-electron chi connectivity index (χ3n) is 2.43. The molecule has 1 aliphatic heterocycles. The summed E-state index contributed by atoms with van der Waals surface area (Å²) in [6.45, 7) is 6.64. The molecule has 0 radical (unpaired) electrons. The monoisotopic (exact) mass is 221 g/mol. The van der Waals surface area contributed by atoms with Crippen LogP contribution in [0.2, 0.25) is 0 Å². The van der Waals surface area contributed by atoms with Gasteiger partial charge in [0.05, 0.1) is 0 Å². The van der Waals surface area contributed by atoms with Crippen LogP contribution in [0.15, 0.2) is 28.7 Å². The molecule has 1 aromatic rings. The Balaban J connectivity index is 2.17. The molecule has 1 aromatic carbocycles. The van der Waals surface area contributed by atoms with E-state index in [0.717, 1.165) is 0 Å². The van der Waals surface area contributed by atoms with E-state index in [1.54, 1.807) is 0 Å². The first-order valence-electron chi connectivity index (χ1n) is 5.01. The molecule has 1 unspecified atom stereocenters. The Bertz CT molecular complexity index is 356. The van der Waals surface area contributed by atoms with E-state index >= 15 is 0 Å². The summed E-state index contributed by atoms with van der Waals surface area (Å²) in [6.07, 6.45) is 1.51. The van der Waals surface area contributed by atoms with Crippen LogP contribution in [0.5, 0.6) is 0 Å². The van der Waals surface area contributed by atoms with Crippen LogP contribution in [0, 0.1) is 0 Å². The minimum atomic E-state index is 0.0408. The fourth-order valence-electron chi connectivity index (χ4n) is 1.46. The lowest BCUT2D eigenvalue weighted by Crippen LogP contribution is -2.10. The lowest BCUT2D eigenvalue weighted by Gasteiger charge is -2.19. The molecular formula is C12H15NOS. The zero-order chi connectivity index (χ0) is 10.9. The summed E-state index contributed by atoms with van der Waals surface area (Å²) < 4.78 is 9.32. The maximum Gasteiger partial charge on any atom is 0.191 e. The second-order valence-electron chi connectivity index (χ2n) is 4.66. The van der Waals surface area contributed by atoms with Crippen LogP contribution in [-0.4, -0.2) is 6.40 Å². The van der Waals surface area contributed by atoms with Gasteiger partial charge in [-0.05, 0) is 11.0 Å². The number of benzene rings is 1. The third-order valence-corrected chi connectivity index (χ3v) is 3.22. The molecule has 0 saturated carbocycles. The van der Waals surface area contributed by atoms with Crippen molar-refractivity contribution in [3.8, 4) is 0 Å². The Kier molecular flexibility index (Phi) is 2.74. The Hall–Kier alpha value is -0.960. The zero-order valence-electron chi connectivity index (χ0n) is 9.23. The molecule has 1 heterocycles. The van der Waals surface area contributed by atoms with Crippen molar-refractivity contribution in [2.24, 2.45) is 4.40 Å². The van der Waals surface area contributed by atoms with E-state index in [1.165, 1.54) is 29.5 Å². The van der Waals surface area contributed by atoms with Gasteiger partial charge in [0.1, 0.15) is 0 Å². The summed E-state index contributed by atoms with van der Waals surface area (Å²) in [4.78, 5) is 0. The van der Waals surface area contributed by atoms with Crippen LogP contribution in [-0.2, 0) is 10.2 Å². The quantitative estimate of drug-likeness (QED) is 0.674. The predicted octanol–water partition coefficient (Wildman–Crippen LogP) is 3.69. The first-order valence-corrected chi connectivity index (χ1v) is 5.84. The average molecular weight is 221 g/mol. The number of rotatable bonds is 1. The molecule has 0 saturated heterocycles. The smallest absolute Gasteiger partial charge is 0.191 e. The van der Waals surface area contributed by atoms with Gasteiger partial charge >= 0.3 is 0 Å². The summed E-state index contributed by atoms with van der Waals surface area (Å²) in [5.74, 6) is 0. The van der Waals surface area contributed by atoms with Crippen molar-refractivity contribution in [3.63, 3.8) is 0 Å². The van der Waals surface area contributed by atoms with Gasteiger partial charge in [0.2, 0.25) is 0 Å². The van der Waals surface area contributed by atoms with E-state index in [4.69, 9.17) is 4.74 Å². The van der Waals surface area contributed by atoms with Gasteiger partial charge in [0, 0.05) is 17.5 Å². The maximum atomic E-state index is 5.34. The lowest BCUT2D eigenvalue weighted by atomic mass is 9.87. The SMILES string of the molecule is CC(C)(C)c1ccc(C2OC=NS2)cc1. The van der Waals surface area contributed by atoms with Gasteiger partial charge in [-0.2, -0.15) is 4.40 Å². The van der Waals surface area contributed by atoms with Crippen molar-refractivity contribution >= 4 is 18.3 Å². The summed E-state index contributed by atoms with van der Waals surface area (Å²) in [5.41, 5.74) is 2.76. The Morgan fingerprint density at radius 1 is 1.20 bits per heavy atom. The van der Waals surface area contributed by atoms with Crippen molar-refractivity contribution in [1.29, 1.82) is 0 Å². The Labute approximate surface area is 94.9 Å². The van der Waals surface area contributed by atoms with Crippen LogP contribution in [0.1, 0.15) is 37.3 Å². The van der Waals surface area contributed by atoms with E-state index < -0.39 is 0 Å². The summed E-state index contributed by atoms with van der Waals surface area (Å²) >= 11 is 1.46. The lowest BCUT2D eigenvalue weighted by molar-refractivity contribution is 0.306. The molecule has 0 N–H and O–H groups in total. The Morgan fingerprint density at radius 2 is 1.87 bits per heavy atom. The summed E-state index contributed by atoms with van der Waals surface area (Å²) in [7, 11) is 0. The Morgan fingerprint density at radius 3 is 2.33 bits per heavy atom. The van der Waals surface area contributed by atoms with Crippen molar-refractivity contribution in [1.82, 2.24) is 0 Å².